The molecule has 0 bridgehead atoms. The molecule has 1 unspecified atom stereocenters. The summed E-state index contributed by atoms with van der Waals surface area (Å²) in [5, 5.41) is 23.1. The number of benzene rings is 2. The number of β-amino-alcohol motifs (C(OH)–C–C–N with tert-alkyl or cyclic N) is 1. The van der Waals surface area contributed by atoms with E-state index in [2.05, 4.69) is 4.98 Å². The van der Waals surface area contributed by atoms with Gasteiger partial charge in [-0.2, -0.15) is 13.2 Å². The number of nitro benzene ring substituents is 1. The van der Waals surface area contributed by atoms with Gasteiger partial charge in [-0.25, -0.2) is 4.98 Å². The van der Waals surface area contributed by atoms with Crippen molar-refractivity contribution < 1.29 is 32.7 Å². The van der Waals surface area contributed by atoms with E-state index in [1.807, 2.05) is 18.2 Å². The summed E-state index contributed by atoms with van der Waals surface area (Å²) in [6.45, 7) is 0.195. The van der Waals surface area contributed by atoms with Crippen molar-refractivity contribution in [3.63, 3.8) is 0 Å². The molecule has 6 rings (SSSR count). The fourth-order valence-corrected chi connectivity index (χ4v) is 5.66. The van der Waals surface area contributed by atoms with Crippen LogP contribution in [0.25, 0.3) is 10.9 Å². The Morgan fingerprint density at radius 2 is 1.83 bits per heavy atom. The van der Waals surface area contributed by atoms with E-state index in [0.29, 0.717) is 24.5 Å². The Kier molecular flexibility index (Phi) is 6.62. The van der Waals surface area contributed by atoms with Crippen LogP contribution < -0.4 is 9.47 Å². The highest BCUT2D eigenvalue weighted by Crippen LogP contribution is 2.45. The molecule has 1 N–H and O–H groups in total. The highest BCUT2D eigenvalue weighted by atomic mass is 19.4. The Bertz CT molecular complexity index is 1580. The number of hydrogen-bond donors (Lipinski definition) is 1. The zero-order valence-corrected chi connectivity index (χ0v) is 21.9. The molecule has 0 saturated carbocycles. The normalized spacial score (nSPS) is 18.3. The fourth-order valence-electron chi connectivity index (χ4n) is 5.66. The van der Waals surface area contributed by atoms with Gasteiger partial charge in [0.25, 0.3) is 11.6 Å². The summed E-state index contributed by atoms with van der Waals surface area (Å²) in [6, 6.07) is 16.2. The summed E-state index contributed by atoms with van der Waals surface area (Å²) in [5.41, 5.74) is -3.51. The van der Waals surface area contributed by atoms with Crippen molar-refractivity contribution >= 4 is 16.6 Å². The summed E-state index contributed by atoms with van der Waals surface area (Å²) in [5.74, 6) is 0.887. The van der Waals surface area contributed by atoms with E-state index < -0.39 is 28.8 Å². The molecule has 1 atom stereocenters. The first-order valence-electron chi connectivity index (χ1n) is 13.2. The minimum absolute atomic E-state index is 0.103. The summed E-state index contributed by atoms with van der Waals surface area (Å²) in [7, 11) is 0. The second-order valence-corrected chi connectivity index (χ2v) is 10.6. The first kappa shape index (κ1) is 27.0. The first-order chi connectivity index (χ1) is 19.6. The Morgan fingerprint density at radius 3 is 2.54 bits per heavy atom. The number of pyridine rings is 1. The van der Waals surface area contributed by atoms with Gasteiger partial charge in [-0.3, -0.25) is 15.0 Å². The molecule has 1 saturated heterocycles. The Morgan fingerprint density at radius 1 is 1.07 bits per heavy atom. The van der Waals surface area contributed by atoms with Crippen molar-refractivity contribution in [2.45, 2.75) is 36.8 Å². The number of alkyl halides is 3. The maximum atomic E-state index is 14.8. The van der Waals surface area contributed by atoms with Gasteiger partial charge in [-0.1, -0.05) is 30.3 Å². The van der Waals surface area contributed by atoms with Crippen molar-refractivity contribution in [2.75, 3.05) is 26.2 Å². The van der Waals surface area contributed by atoms with Crippen LogP contribution >= 0.6 is 0 Å². The van der Waals surface area contributed by atoms with Crippen molar-refractivity contribution in [2.24, 2.45) is 0 Å². The largest absolute Gasteiger partial charge is 0.484 e. The molecule has 2 aliphatic rings. The lowest BCUT2D eigenvalue weighted by Gasteiger charge is -2.45. The van der Waals surface area contributed by atoms with Gasteiger partial charge in [0.2, 0.25) is 5.60 Å². The predicted octanol–water partition coefficient (Wildman–Crippen LogP) is 5.05. The molecule has 214 valence electrons. The maximum Gasteiger partial charge on any atom is 0.422 e. The number of aliphatic hydroxyl groups is 1. The summed E-state index contributed by atoms with van der Waals surface area (Å²) < 4.78 is 57.8. The molecular formula is C29H27F3N4O5. The average Bonchev–Trinajstić information content (AvgIpc) is 3.32. The van der Waals surface area contributed by atoms with Gasteiger partial charge >= 0.3 is 6.18 Å². The minimum Gasteiger partial charge on any atom is -0.484 e. The van der Waals surface area contributed by atoms with Crippen LogP contribution in [0, 0.1) is 10.1 Å². The number of piperidine rings is 1. The third kappa shape index (κ3) is 4.97. The molecule has 4 aromatic rings. The lowest BCUT2D eigenvalue weighted by Crippen LogP contribution is -2.57. The number of halogens is 3. The molecular weight excluding hydrogens is 541 g/mol. The molecule has 9 nitrogen and oxygen atoms in total. The van der Waals surface area contributed by atoms with Crippen LogP contribution in [-0.4, -0.2) is 62.5 Å². The number of likely N-dealkylation sites (tertiary alicyclic amines) is 1. The highest BCUT2D eigenvalue weighted by molar-refractivity contribution is 5.87. The number of fused-ring (bicyclic) bond motifs is 2. The van der Waals surface area contributed by atoms with E-state index >= 15 is 0 Å². The van der Waals surface area contributed by atoms with E-state index in [0.717, 1.165) is 11.6 Å². The van der Waals surface area contributed by atoms with Crippen LogP contribution in [0.1, 0.15) is 24.0 Å². The van der Waals surface area contributed by atoms with Gasteiger partial charge in [-0.05, 0) is 23.8 Å². The van der Waals surface area contributed by atoms with Crippen LogP contribution in [0.5, 0.6) is 11.6 Å². The number of hydrogen-bond acceptors (Lipinski definition) is 7. The Hall–Kier alpha value is -4.16. The van der Waals surface area contributed by atoms with Crippen LogP contribution in [-0.2, 0) is 12.1 Å². The first-order valence-corrected chi connectivity index (χ1v) is 13.2. The molecule has 2 aromatic heterocycles. The second-order valence-electron chi connectivity index (χ2n) is 10.6. The van der Waals surface area contributed by atoms with Crippen LogP contribution in [0.15, 0.2) is 73.1 Å². The number of ether oxygens (including phenoxy) is 2. The average molecular weight is 569 g/mol. The monoisotopic (exact) mass is 568 g/mol. The second kappa shape index (κ2) is 10.0. The topological polar surface area (TPSA) is 103 Å². The lowest BCUT2D eigenvalue weighted by atomic mass is 9.88. The maximum absolute atomic E-state index is 14.8. The fraction of sp³-hybridized carbons (Fsp3) is 0.345. The number of aromatic nitrogens is 2. The van der Waals surface area contributed by atoms with Gasteiger partial charge in [0.15, 0.2) is 5.75 Å². The van der Waals surface area contributed by atoms with Gasteiger partial charge in [-0.15, -0.1) is 0 Å². The van der Waals surface area contributed by atoms with Gasteiger partial charge < -0.3 is 19.1 Å². The lowest BCUT2D eigenvalue weighted by molar-refractivity contribution is -0.384. The molecule has 0 aliphatic carbocycles. The van der Waals surface area contributed by atoms with Crippen molar-refractivity contribution in [3.05, 3.63) is 94.3 Å². The molecule has 0 radical (unpaired) electrons. The standard InChI is InChI=1S/C29H27F3N4O5/c30-29(31,32)28(37,18-34-13-10-27(11-14-34)19-40-25-7-4-12-33-26(25)41-27)23-17-35(16-20-5-2-1-3-6-20)24-15-21(36(38)39)8-9-22(23)24/h1-9,12,15,17,37H,10-11,13-14,16,18-19H2. The third-order valence-corrected chi connectivity index (χ3v) is 7.95. The van der Waals surface area contributed by atoms with Gasteiger partial charge in [0.05, 0.1) is 10.4 Å². The number of non-ortho nitro benzene ring substituents is 1. The molecule has 0 amide bonds. The third-order valence-electron chi connectivity index (χ3n) is 7.95. The summed E-state index contributed by atoms with van der Waals surface area (Å²) in [4.78, 5) is 16.7. The minimum atomic E-state index is -5.02. The van der Waals surface area contributed by atoms with E-state index in [4.69, 9.17) is 9.47 Å². The molecule has 1 fully saturated rings. The SMILES string of the molecule is O=[N+]([O-])c1ccc2c(C(O)(CN3CCC4(CC3)COc3cccnc3O4)C(F)(F)F)cn(Cc3ccccc3)c2c1. The molecule has 4 heterocycles. The molecule has 12 heteroatoms. The van der Waals surface area contributed by atoms with Crippen molar-refractivity contribution in [3.8, 4) is 11.6 Å². The quantitative estimate of drug-likeness (QED) is 0.257. The van der Waals surface area contributed by atoms with E-state index in [9.17, 15) is 28.4 Å². The number of nitro groups is 1. The van der Waals surface area contributed by atoms with Crippen molar-refractivity contribution in [1.82, 2.24) is 14.5 Å². The van der Waals surface area contributed by atoms with E-state index in [1.54, 1.807) is 35.4 Å². The molecule has 41 heavy (non-hydrogen) atoms. The van der Waals surface area contributed by atoms with Crippen LogP contribution in [0.4, 0.5) is 18.9 Å². The summed E-state index contributed by atoms with van der Waals surface area (Å²) in [6.07, 6.45) is -1.40. The van der Waals surface area contributed by atoms with Crippen LogP contribution in [0.3, 0.4) is 0 Å². The highest BCUT2D eigenvalue weighted by Gasteiger charge is 2.57. The van der Waals surface area contributed by atoms with Crippen molar-refractivity contribution in [1.29, 1.82) is 0 Å². The molecule has 2 aliphatic heterocycles. The van der Waals surface area contributed by atoms with Gasteiger partial charge in [0.1, 0.15) is 12.2 Å². The van der Waals surface area contributed by atoms with Crippen LogP contribution in [0.2, 0.25) is 0 Å². The zero-order chi connectivity index (χ0) is 28.8. The van der Waals surface area contributed by atoms with E-state index in [1.165, 1.54) is 22.9 Å². The smallest absolute Gasteiger partial charge is 0.422 e. The Balaban J connectivity index is 1.31. The molecule has 2 aromatic carbocycles. The van der Waals surface area contributed by atoms with Gasteiger partial charge in [0, 0.05) is 74.5 Å². The zero-order valence-electron chi connectivity index (χ0n) is 21.9. The molecule has 1 spiro atoms. The summed E-state index contributed by atoms with van der Waals surface area (Å²) >= 11 is 0. The van der Waals surface area contributed by atoms with E-state index in [-0.39, 0.29) is 48.4 Å². The number of rotatable bonds is 6. The predicted molar refractivity (Wildman–Crippen MR) is 143 cm³/mol. The Labute approximate surface area is 232 Å². The number of nitrogens with zero attached hydrogens (tertiary/aromatic N) is 4.